The average Bonchev–Trinajstić information content (AvgIpc) is 2.43. The second-order valence-electron chi connectivity index (χ2n) is 4.35. The zero-order valence-corrected chi connectivity index (χ0v) is 11.3. The molecule has 0 saturated heterocycles. The summed E-state index contributed by atoms with van der Waals surface area (Å²) in [5.74, 6) is -0.616. The van der Waals surface area contributed by atoms with Crippen LogP contribution < -0.4 is 15.8 Å². The fourth-order valence-electron chi connectivity index (χ4n) is 1.61. The number of nitrogens with one attached hydrogen (secondary N) is 1. The molecule has 1 aromatic rings. The van der Waals surface area contributed by atoms with Gasteiger partial charge in [0.15, 0.2) is 6.61 Å². The highest BCUT2D eigenvalue weighted by atomic mass is 16.5. The van der Waals surface area contributed by atoms with Gasteiger partial charge in [0.1, 0.15) is 5.75 Å². The van der Waals surface area contributed by atoms with Gasteiger partial charge in [0.2, 0.25) is 5.91 Å². The van der Waals surface area contributed by atoms with Gasteiger partial charge in [-0.25, -0.2) is 4.79 Å². The predicted octanol–water partition coefficient (Wildman–Crippen LogP) is 1.61. The van der Waals surface area contributed by atoms with E-state index in [1.54, 1.807) is 24.3 Å². The number of rotatable bonds is 9. The van der Waals surface area contributed by atoms with Gasteiger partial charge >= 0.3 is 5.97 Å². The molecule has 6 heteroatoms. The van der Waals surface area contributed by atoms with Crippen LogP contribution in [0.4, 0.5) is 5.69 Å². The van der Waals surface area contributed by atoms with Gasteiger partial charge in [-0.05, 0) is 43.7 Å². The Morgan fingerprint density at radius 3 is 2.45 bits per heavy atom. The van der Waals surface area contributed by atoms with E-state index in [-0.39, 0.29) is 12.5 Å². The minimum Gasteiger partial charge on any atom is -0.482 e. The van der Waals surface area contributed by atoms with Gasteiger partial charge in [0.05, 0.1) is 0 Å². The highest BCUT2D eigenvalue weighted by molar-refractivity contribution is 5.90. The molecule has 0 saturated carbocycles. The van der Waals surface area contributed by atoms with Gasteiger partial charge in [0.25, 0.3) is 0 Å². The third-order valence-corrected chi connectivity index (χ3v) is 2.61. The number of hydrogen-bond acceptors (Lipinski definition) is 4. The molecule has 1 rings (SSSR count). The maximum Gasteiger partial charge on any atom is 0.341 e. The van der Waals surface area contributed by atoms with E-state index in [2.05, 4.69) is 5.32 Å². The van der Waals surface area contributed by atoms with Gasteiger partial charge in [-0.2, -0.15) is 0 Å². The van der Waals surface area contributed by atoms with Crippen LogP contribution in [0.25, 0.3) is 0 Å². The van der Waals surface area contributed by atoms with Crippen LogP contribution in [-0.4, -0.2) is 30.1 Å². The molecule has 4 N–H and O–H groups in total. The Balaban J connectivity index is 2.33. The number of anilines is 1. The molecule has 0 aliphatic carbocycles. The molecular formula is C14H20N2O4. The zero-order chi connectivity index (χ0) is 14.8. The normalized spacial score (nSPS) is 10.1. The Hall–Kier alpha value is -2.08. The third-order valence-electron chi connectivity index (χ3n) is 2.61. The number of carboxylic acid groups (broad SMARTS) is 1. The fraction of sp³-hybridized carbons (Fsp3) is 0.429. The van der Waals surface area contributed by atoms with Gasteiger partial charge < -0.3 is 20.9 Å². The minimum absolute atomic E-state index is 0.0405. The number of amides is 1. The van der Waals surface area contributed by atoms with E-state index in [1.807, 2.05) is 0 Å². The van der Waals surface area contributed by atoms with E-state index in [0.29, 0.717) is 24.4 Å². The summed E-state index contributed by atoms with van der Waals surface area (Å²) in [7, 11) is 0. The number of carbonyl (C=O) groups excluding carboxylic acids is 1. The Bertz CT molecular complexity index is 431. The summed E-state index contributed by atoms with van der Waals surface area (Å²) in [6.07, 6.45) is 3.18. The van der Waals surface area contributed by atoms with Crippen molar-refractivity contribution < 1.29 is 19.4 Å². The lowest BCUT2D eigenvalue weighted by Gasteiger charge is -2.07. The van der Waals surface area contributed by atoms with Crippen LogP contribution in [0.3, 0.4) is 0 Å². The summed E-state index contributed by atoms with van der Waals surface area (Å²) in [5, 5.41) is 11.2. The number of carbonyl (C=O) groups is 2. The largest absolute Gasteiger partial charge is 0.482 e. The van der Waals surface area contributed by atoms with Crippen molar-refractivity contribution in [1.82, 2.24) is 0 Å². The number of benzene rings is 1. The number of ether oxygens (including phenoxy) is 1. The van der Waals surface area contributed by atoms with Crippen molar-refractivity contribution in [2.75, 3.05) is 18.5 Å². The molecule has 0 radical (unpaired) electrons. The molecule has 1 aromatic carbocycles. The van der Waals surface area contributed by atoms with Crippen molar-refractivity contribution in [2.45, 2.75) is 25.7 Å². The van der Waals surface area contributed by atoms with Gasteiger partial charge in [0, 0.05) is 12.1 Å². The lowest BCUT2D eigenvalue weighted by molar-refractivity contribution is -0.139. The van der Waals surface area contributed by atoms with E-state index in [9.17, 15) is 9.59 Å². The molecule has 1 amide bonds. The lowest BCUT2D eigenvalue weighted by Crippen LogP contribution is -2.12. The molecule has 0 heterocycles. The molecule has 0 aliphatic heterocycles. The molecule has 0 unspecified atom stereocenters. The molecule has 0 atom stereocenters. The van der Waals surface area contributed by atoms with Crippen molar-refractivity contribution in [3.63, 3.8) is 0 Å². The Kier molecular flexibility index (Phi) is 7.13. The number of carboxylic acids is 1. The number of unbranched alkanes of at least 4 members (excludes halogenated alkanes) is 2. The highest BCUT2D eigenvalue weighted by Crippen LogP contribution is 2.16. The van der Waals surface area contributed by atoms with Crippen LogP contribution >= 0.6 is 0 Å². The van der Waals surface area contributed by atoms with E-state index in [0.717, 1.165) is 19.3 Å². The van der Waals surface area contributed by atoms with Crippen molar-refractivity contribution in [2.24, 2.45) is 5.73 Å². The first-order chi connectivity index (χ1) is 9.61. The number of nitrogens with two attached hydrogens (primary N) is 1. The SMILES string of the molecule is NCCCCCC(=O)Nc1ccc(OCC(=O)O)cc1. The molecule has 0 fully saturated rings. The molecule has 0 aromatic heterocycles. The smallest absolute Gasteiger partial charge is 0.341 e. The predicted molar refractivity (Wildman–Crippen MR) is 75.7 cm³/mol. The molecule has 0 bridgehead atoms. The maximum absolute atomic E-state index is 11.6. The van der Waals surface area contributed by atoms with Gasteiger partial charge in [-0.3, -0.25) is 4.79 Å². The molecule has 20 heavy (non-hydrogen) atoms. The first-order valence-corrected chi connectivity index (χ1v) is 6.56. The topological polar surface area (TPSA) is 102 Å². The van der Waals surface area contributed by atoms with Gasteiger partial charge in [-0.15, -0.1) is 0 Å². The van der Waals surface area contributed by atoms with Crippen LogP contribution in [0, 0.1) is 0 Å². The number of aliphatic carboxylic acids is 1. The summed E-state index contributed by atoms with van der Waals surface area (Å²) >= 11 is 0. The monoisotopic (exact) mass is 280 g/mol. The number of hydrogen-bond donors (Lipinski definition) is 3. The molecule has 0 spiro atoms. The van der Waals surface area contributed by atoms with Crippen molar-refractivity contribution >= 4 is 17.6 Å². The Labute approximate surface area is 117 Å². The highest BCUT2D eigenvalue weighted by Gasteiger charge is 2.03. The van der Waals surface area contributed by atoms with Crippen LogP contribution in [-0.2, 0) is 9.59 Å². The zero-order valence-electron chi connectivity index (χ0n) is 11.3. The first-order valence-electron chi connectivity index (χ1n) is 6.56. The van der Waals surface area contributed by atoms with Crippen molar-refractivity contribution in [3.8, 4) is 5.75 Å². The minimum atomic E-state index is -1.03. The average molecular weight is 280 g/mol. The van der Waals surface area contributed by atoms with E-state index in [1.165, 1.54) is 0 Å². The molecule has 0 aliphatic rings. The van der Waals surface area contributed by atoms with Crippen LogP contribution in [0.15, 0.2) is 24.3 Å². The maximum atomic E-state index is 11.6. The van der Waals surface area contributed by atoms with E-state index in [4.69, 9.17) is 15.6 Å². The summed E-state index contributed by atoms with van der Waals surface area (Å²) < 4.78 is 5.00. The summed E-state index contributed by atoms with van der Waals surface area (Å²) in [4.78, 5) is 22.0. The quantitative estimate of drug-likeness (QED) is 0.596. The molecule has 110 valence electrons. The van der Waals surface area contributed by atoms with E-state index >= 15 is 0 Å². The summed E-state index contributed by atoms with van der Waals surface area (Å²) in [6.45, 7) is 0.270. The Morgan fingerprint density at radius 2 is 1.85 bits per heavy atom. The van der Waals surface area contributed by atoms with Crippen molar-refractivity contribution in [1.29, 1.82) is 0 Å². The third kappa shape index (κ3) is 6.75. The standard InChI is InChI=1S/C14H20N2O4/c15-9-3-1-2-4-13(17)16-11-5-7-12(8-6-11)20-10-14(18)19/h5-8H,1-4,9-10,15H2,(H,16,17)(H,18,19). The lowest BCUT2D eigenvalue weighted by atomic mass is 10.2. The Morgan fingerprint density at radius 1 is 1.15 bits per heavy atom. The summed E-state index contributed by atoms with van der Waals surface area (Å²) in [5.41, 5.74) is 6.04. The molecule has 6 nitrogen and oxygen atoms in total. The van der Waals surface area contributed by atoms with Crippen LogP contribution in [0.1, 0.15) is 25.7 Å². The summed E-state index contributed by atoms with van der Waals surface area (Å²) in [6, 6.07) is 6.59. The van der Waals surface area contributed by atoms with Crippen LogP contribution in [0.5, 0.6) is 5.75 Å². The fourth-order valence-corrected chi connectivity index (χ4v) is 1.61. The van der Waals surface area contributed by atoms with E-state index < -0.39 is 5.97 Å². The second kappa shape index (κ2) is 8.92. The first kappa shape index (κ1) is 16.0. The second-order valence-corrected chi connectivity index (χ2v) is 4.35. The van der Waals surface area contributed by atoms with Crippen LogP contribution in [0.2, 0.25) is 0 Å². The molecular weight excluding hydrogens is 260 g/mol. The van der Waals surface area contributed by atoms with Gasteiger partial charge in [-0.1, -0.05) is 6.42 Å². The van der Waals surface area contributed by atoms with Crippen molar-refractivity contribution in [3.05, 3.63) is 24.3 Å².